The molecule has 88 valence electrons. The van der Waals surface area contributed by atoms with E-state index in [4.69, 9.17) is 22.1 Å². The van der Waals surface area contributed by atoms with Gasteiger partial charge in [0.05, 0.1) is 7.11 Å². The highest BCUT2D eigenvalue weighted by molar-refractivity contribution is 6.30. The summed E-state index contributed by atoms with van der Waals surface area (Å²) in [6.45, 7) is 0. The lowest BCUT2D eigenvalue weighted by Crippen LogP contribution is -2.25. The predicted octanol–water partition coefficient (Wildman–Crippen LogP) is 3.33. The first-order chi connectivity index (χ1) is 7.70. The van der Waals surface area contributed by atoms with Crippen molar-refractivity contribution in [2.75, 3.05) is 7.11 Å². The van der Waals surface area contributed by atoms with Gasteiger partial charge in [0, 0.05) is 11.1 Å². The van der Waals surface area contributed by atoms with Crippen LogP contribution in [0.15, 0.2) is 18.2 Å². The number of halogens is 1. The fourth-order valence-electron chi connectivity index (χ4n) is 2.45. The van der Waals surface area contributed by atoms with Crippen molar-refractivity contribution in [3.8, 4) is 5.75 Å². The Labute approximate surface area is 102 Å². The van der Waals surface area contributed by atoms with Crippen LogP contribution in [0.1, 0.15) is 37.2 Å². The fraction of sp³-hybridized carbons (Fsp3) is 0.538. The molecule has 2 rings (SSSR count). The largest absolute Gasteiger partial charge is 0.496 e. The second-order valence-electron chi connectivity index (χ2n) is 4.50. The van der Waals surface area contributed by atoms with E-state index >= 15 is 0 Å². The molecule has 0 amide bonds. The van der Waals surface area contributed by atoms with Gasteiger partial charge in [-0.3, -0.25) is 0 Å². The summed E-state index contributed by atoms with van der Waals surface area (Å²) in [5.74, 6) is 1.50. The zero-order valence-corrected chi connectivity index (χ0v) is 10.3. The number of benzene rings is 1. The van der Waals surface area contributed by atoms with Crippen molar-refractivity contribution in [3.05, 3.63) is 28.8 Å². The maximum absolute atomic E-state index is 6.04. The van der Waals surface area contributed by atoms with E-state index in [1.54, 1.807) is 7.11 Å². The van der Waals surface area contributed by atoms with E-state index in [-0.39, 0.29) is 0 Å². The first-order valence-electron chi connectivity index (χ1n) is 5.79. The molecule has 0 heterocycles. The number of hydrogen-bond acceptors (Lipinski definition) is 2. The maximum atomic E-state index is 6.04. The lowest BCUT2D eigenvalue weighted by Gasteiger charge is -2.27. The number of methoxy groups -OCH3 is 1. The smallest absolute Gasteiger partial charge is 0.122 e. The van der Waals surface area contributed by atoms with Crippen LogP contribution in [0.2, 0.25) is 5.02 Å². The molecule has 0 radical (unpaired) electrons. The summed E-state index contributed by atoms with van der Waals surface area (Å²) in [5.41, 5.74) is 7.16. The SMILES string of the molecule is COc1ccc(Cl)cc1C1CCC(N)CC1. The molecule has 2 N–H and O–H groups in total. The highest BCUT2D eigenvalue weighted by Gasteiger charge is 2.22. The molecule has 0 bridgehead atoms. The van der Waals surface area contributed by atoms with Crippen molar-refractivity contribution in [2.24, 2.45) is 5.73 Å². The van der Waals surface area contributed by atoms with Crippen LogP contribution in [0, 0.1) is 0 Å². The van der Waals surface area contributed by atoms with Crippen LogP contribution in [0.5, 0.6) is 5.75 Å². The number of rotatable bonds is 2. The molecule has 0 atom stereocenters. The molecule has 0 saturated heterocycles. The normalized spacial score (nSPS) is 25.4. The molecule has 3 heteroatoms. The monoisotopic (exact) mass is 239 g/mol. The third kappa shape index (κ3) is 2.50. The summed E-state index contributed by atoms with van der Waals surface area (Å²) in [6.07, 6.45) is 4.47. The van der Waals surface area contributed by atoms with Gasteiger partial charge >= 0.3 is 0 Å². The zero-order chi connectivity index (χ0) is 11.5. The van der Waals surface area contributed by atoms with E-state index in [2.05, 4.69) is 0 Å². The van der Waals surface area contributed by atoms with Crippen LogP contribution < -0.4 is 10.5 Å². The van der Waals surface area contributed by atoms with Gasteiger partial charge in [-0.25, -0.2) is 0 Å². The number of ether oxygens (including phenoxy) is 1. The van der Waals surface area contributed by atoms with Crippen LogP contribution in [-0.2, 0) is 0 Å². The number of nitrogens with two attached hydrogens (primary N) is 1. The molecule has 1 aromatic carbocycles. The van der Waals surface area contributed by atoms with E-state index in [0.29, 0.717) is 12.0 Å². The van der Waals surface area contributed by atoms with E-state index in [9.17, 15) is 0 Å². The van der Waals surface area contributed by atoms with Gasteiger partial charge < -0.3 is 10.5 Å². The van der Waals surface area contributed by atoms with E-state index in [1.165, 1.54) is 5.56 Å². The quantitative estimate of drug-likeness (QED) is 0.859. The van der Waals surface area contributed by atoms with Gasteiger partial charge in [-0.15, -0.1) is 0 Å². The van der Waals surface area contributed by atoms with E-state index in [0.717, 1.165) is 36.5 Å². The highest BCUT2D eigenvalue weighted by Crippen LogP contribution is 2.38. The van der Waals surface area contributed by atoms with Gasteiger partial charge in [-0.05, 0) is 55.4 Å². The van der Waals surface area contributed by atoms with Crippen LogP contribution in [0.25, 0.3) is 0 Å². The van der Waals surface area contributed by atoms with Crippen molar-refractivity contribution in [1.29, 1.82) is 0 Å². The van der Waals surface area contributed by atoms with Gasteiger partial charge in [0.25, 0.3) is 0 Å². The van der Waals surface area contributed by atoms with E-state index < -0.39 is 0 Å². The Bertz CT molecular complexity index is 359. The topological polar surface area (TPSA) is 35.2 Å². The Morgan fingerprint density at radius 1 is 1.25 bits per heavy atom. The Morgan fingerprint density at radius 2 is 1.94 bits per heavy atom. The summed E-state index contributed by atoms with van der Waals surface area (Å²) >= 11 is 6.04. The highest BCUT2D eigenvalue weighted by atomic mass is 35.5. The average molecular weight is 240 g/mol. The Morgan fingerprint density at radius 3 is 2.56 bits per heavy atom. The predicted molar refractivity (Wildman–Crippen MR) is 67.2 cm³/mol. The van der Waals surface area contributed by atoms with Crippen LogP contribution in [-0.4, -0.2) is 13.2 Å². The second kappa shape index (κ2) is 5.07. The van der Waals surface area contributed by atoms with Crippen molar-refractivity contribution in [2.45, 2.75) is 37.6 Å². The van der Waals surface area contributed by atoms with Gasteiger partial charge in [0.1, 0.15) is 5.75 Å². The van der Waals surface area contributed by atoms with Crippen molar-refractivity contribution in [1.82, 2.24) is 0 Å². The summed E-state index contributed by atoms with van der Waals surface area (Å²) < 4.78 is 5.39. The van der Waals surface area contributed by atoms with Crippen LogP contribution >= 0.6 is 11.6 Å². The molecule has 0 aliphatic heterocycles. The average Bonchev–Trinajstić information content (AvgIpc) is 2.30. The first-order valence-corrected chi connectivity index (χ1v) is 6.17. The summed E-state index contributed by atoms with van der Waals surface area (Å²) in [6, 6.07) is 6.23. The Kier molecular flexibility index (Phi) is 3.72. The summed E-state index contributed by atoms with van der Waals surface area (Å²) in [7, 11) is 1.71. The lowest BCUT2D eigenvalue weighted by atomic mass is 9.82. The molecule has 0 spiro atoms. The second-order valence-corrected chi connectivity index (χ2v) is 4.93. The van der Waals surface area contributed by atoms with Crippen LogP contribution in [0.4, 0.5) is 0 Å². The molecule has 0 unspecified atom stereocenters. The minimum absolute atomic E-state index is 0.376. The van der Waals surface area contributed by atoms with Crippen molar-refractivity contribution >= 4 is 11.6 Å². The molecule has 2 nitrogen and oxygen atoms in total. The third-order valence-corrected chi connectivity index (χ3v) is 3.64. The van der Waals surface area contributed by atoms with Crippen LogP contribution in [0.3, 0.4) is 0 Å². The molecule has 1 aromatic rings. The fourth-order valence-corrected chi connectivity index (χ4v) is 2.63. The summed E-state index contributed by atoms with van der Waals surface area (Å²) in [4.78, 5) is 0. The molecular weight excluding hydrogens is 222 g/mol. The minimum atomic E-state index is 0.376. The molecule has 0 aromatic heterocycles. The Balaban J connectivity index is 2.21. The molecular formula is C13H18ClNO. The van der Waals surface area contributed by atoms with Gasteiger partial charge in [-0.2, -0.15) is 0 Å². The van der Waals surface area contributed by atoms with Crippen molar-refractivity contribution < 1.29 is 4.74 Å². The van der Waals surface area contributed by atoms with Gasteiger partial charge in [0.2, 0.25) is 0 Å². The number of hydrogen-bond donors (Lipinski definition) is 1. The molecule has 1 saturated carbocycles. The molecule has 1 aliphatic rings. The maximum Gasteiger partial charge on any atom is 0.122 e. The standard InChI is InChI=1S/C13H18ClNO/c1-16-13-7-4-10(14)8-12(13)9-2-5-11(15)6-3-9/h4,7-9,11H,2-3,5-6,15H2,1H3. The molecule has 1 aliphatic carbocycles. The third-order valence-electron chi connectivity index (χ3n) is 3.40. The zero-order valence-electron chi connectivity index (χ0n) is 9.58. The Hall–Kier alpha value is -0.730. The van der Waals surface area contributed by atoms with Gasteiger partial charge in [0.15, 0.2) is 0 Å². The molecule has 1 fully saturated rings. The minimum Gasteiger partial charge on any atom is -0.496 e. The summed E-state index contributed by atoms with van der Waals surface area (Å²) in [5, 5.41) is 0.783. The van der Waals surface area contributed by atoms with Crippen molar-refractivity contribution in [3.63, 3.8) is 0 Å². The van der Waals surface area contributed by atoms with Gasteiger partial charge in [-0.1, -0.05) is 11.6 Å². The lowest BCUT2D eigenvalue weighted by molar-refractivity contribution is 0.369. The molecule has 16 heavy (non-hydrogen) atoms. The van der Waals surface area contributed by atoms with E-state index in [1.807, 2.05) is 18.2 Å². The first kappa shape index (κ1) is 11.7.